The summed E-state index contributed by atoms with van der Waals surface area (Å²) in [5.74, 6) is 6.56. The van der Waals surface area contributed by atoms with Crippen molar-refractivity contribution >= 4 is 38.6 Å². The van der Waals surface area contributed by atoms with Crippen LogP contribution in [0.4, 0.5) is 0 Å². The molecule has 22 heavy (non-hydrogen) atoms. The van der Waals surface area contributed by atoms with E-state index < -0.39 is 0 Å². The smallest absolute Gasteiger partial charge is 0.0771 e. The summed E-state index contributed by atoms with van der Waals surface area (Å²) in [4.78, 5) is 2.55. The lowest BCUT2D eigenvalue weighted by Gasteiger charge is -2.01. The number of hydrogen-bond donors (Lipinski definition) is 0. The van der Waals surface area contributed by atoms with Crippen molar-refractivity contribution in [3.63, 3.8) is 0 Å². The second kappa shape index (κ2) is 10.3. The highest BCUT2D eigenvalue weighted by atomic mass is 79.9. The fourth-order valence-corrected chi connectivity index (χ4v) is 4.46. The van der Waals surface area contributed by atoms with E-state index in [1.54, 1.807) is 22.7 Å². The minimum atomic E-state index is 1.04. The van der Waals surface area contributed by atoms with E-state index in [-0.39, 0.29) is 0 Å². The standard InChI is InChI=1S/C19H23BrS2/c1-16-12-13-18(22-16)11-9-7-5-3-2-4-6-8-10-17-14-15-21-19(17)20/h12-15H,2-8,10H2,1H3. The molecule has 0 bridgehead atoms. The molecule has 2 heterocycles. The summed E-state index contributed by atoms with van der Waals surface area (Å²) >= 11 is 7.19. The normalized spacial score (nSPS) is 10.5. The molecule has 0 amide bonds. The van der Waals surface area contributed by atoms with Gasteiger partial charge in [-0.15, -0.1) is 22.7 Å². The Morgan fingerprint density at radius 1 is 1.00 bits per heavy atom. The Labute approximate surface area is 151 Å². The topological polar surface area (TPSA) is 0 Å². The van der Waals surface area contributed by atoms with Gasteiger partial charge in [0.25, 0.3) is 0 Å². The summed E-state index contributed by atoms with van der Waals surface area (Å²) in [6.07, 6.45) is 10.2. The van der Waals surface area contributed by atoms with Crippen molar-refractivity contribution in [1.29, 1.82) is 0 Å². The van der Waals surface area contributed by atoms with Gasteiger partial charge in [-0.25, -0.2) is 0 Å². The molecule has 0 saturated carbocycles. The first-order valence-corrected chi connectivity index (χ1v) is 10.5. The lowest BCUT2D eigenvalue weighted by atomic mass is 10.1. The molecule has 0 fully saturated rings. The van der Waals surface area contributed by atoms with Crippen LogP contribution in [0, 0.1) is 18.8 Å². The summed E-state index contributed by atoms with van der Waals surface area (Å²) in [5, 5.41) is 2.16. The zero-order valence-electron chi connectivity index (χ0n) is 13.2. The molecule has 3 heteroatoms. The van der Waals surface area contributed by atoms with Crippen molar-refractivity contribution in [2.75, 3.05) is 0 Å². The van der Waals surface area contributed by atoms with Gasteiger partial charge < -0.3 is 0 Å². The van der Waals surface area contributed by atoms with Gasteiger partial charge in [0.1, 0.15) is 0 Å². The molecule has 2 rings (SSSR count). The van der Waals surface area contributed by atoms with Crippen LogP contribution in [0.1, 0.15) is 60.3 Å². The van der Waals surface area contributed by atoms with Gasteiger partial charge in [-0.1, -0.05) is 37.5 Å². The number of hydrogen-bond acceptors (Lipinski definition) is 2. The Hall–Kier alpha value is -0.560. The van der Waals surface area contributed by atoms with E-state index in [2.05, 4.69) is 58.3 Å². The average molecular weight is 395 g/mol. The summed E-state index contributed by atoms with van der Waals surface area (Å²) < 4.78 is 1.31. The van der Waals surface area contributed by atoms with Crippen LogP contribution in [-0.2, 0) is 6.42 Å². The number of unbranched alkanes of at least 4 members (excludes halogenated alkanes) is 6. The van der Waals surface area contributed by atoms with Crippen LogP contribution in [0.25, 0.3) is 0 Å². The zero-order valence-corrected chi connectivity index (χ0v) is 16.4. The molecule has 0 aliphatic rings. The van der Waals surface area contributed by atoms with E-state index in [1.165, 1.54) is 64.0 Å². The first-order chi connectivity index (χ1) is 10.8. The second-order valence-corrected chi connectivity index (χ2v) is 9.07. The molecule has 0 aliphatic carbocycles. The highest BCUT2D eigenvalue weighted by Gasteiger charge is 2.00. The molecule has 0 nitrogen and oxygen atoms in total. The highest BCUT2D eigenvalue weighted by Crippen LogP contribution is 2.25. The van der Waals surface area contributed by atoms with E-state index in [0.717, 1.165) is 6.42 Å². The maximum atomic E-state index is 3.61. The number of aryl methyl sites for hydroxylation is 2. The summed E-state index contributed by atoms with van der Waals surface area (Å²) in [7, 11) is 0. The first-order valence-electron chi connectivity index (χ1n) is 8.03. The Kier molecular flexibility index (Phi) is 8.30. The molecular formula is C19H23BrS2. The summed E-state index contributed by atoms with van der Waals surface area (Å²) in [6.45, 7) is 2.13. The molecule has 0 N–H and O–H groups in total. The van der Waals surface area contributed by atoms with E-state index in [9.17, 15) is 0 Å². The highest BCUT2D eigenvalue weighted by molar-refractivity contribution is 9.11. The van der Waals surface area contributed by atoms with Crippen molar-refractivity contribution in [1.82, 2.24) is 0 Å². The van der Waals surface area contributed by atoms with Crippen molar-refractivity contribution in [2.45, 2.75) is 58.3 Å². The quantitative estimate of drug-likeness (QED) is 0.327. The monoisotopic (exact) mass is 394 g/mol. The van der Waals surface area contributed by atoms with Crippen LogP contribution in [0.5, 0.6) is 0 Å². The predicted molar refractivity (Wildman–Crippen MR) is 104 cm³/mol. The van der Waals surface area contributed by atoms with Crippen molar-refractivity contribution < 1.29 is 0 Å². The van der Waals surface area contributed by atoms with Crippen LogP contribution in [0.15, 0.2) is 27.4 Å². The van der Waals surface area contributed by atoms with Crippen LogP contribution < -0.4 is 0 Å². The first kappa shape index (κ1) is 17.8. The molecule has 0 unspecified atom stereocenters. The van der Waals surface area contributed by atoms with E-state index in [0.29, 0.717) is 0 Å². The van der Waals surface area contributed by atoms with Gasteiger partial charge in [-0.3, -0.25) is 0 Å². The Morgan fingerprint density at radius 3 is 2.45 bits per heavy atom. The number of thiophene rings is 2. The fourth-order valence-electron chi connectivity index (χ4n) is 2.39. The SMILES string of the molecule is Cc1ccc(C#CCCCCCCCCc2ccsc2Br)s1. The summed E-state index contributed by atoms with van der Waals surface area (Å²) in [5.41, 5.74) is 1.48. The Balaban J connectivity index is 1.45. The Bertz CT molecular complexity index is 613. The maximum Gasteiger partial charge on any atom is 0.0771 e. The molecule has 0 spiro atoms. The van der Waals surface area contributed by atoms with Gasteiger partial charge >= 0.3 is 0 Å². The third-order valence-corrected chi connectivity index (χ3v) is 6.37. The van der Waals surface area contributed by atoms with Crippen molar-refractivity contribution in [2.24, 2.45) is 0 Å². The minimum absolute atomic E-state index is 1.04. The van der Waals surface area contributed by atoms with Crippen LogP contribution in [0.3, 0.4) is 0 Å². The van der Waals surface area contributed by atoms with Crippen LogP contribution in [-0.4, -0.2) is 0 Å². The molecule has 2 aromatic rings. The third kappa shape index (κ3) is 6.69. The third-order valence-electron chi connectivity index (χ3n) is 3.64. The predicted octanol–water partition coefficient (Wildman–Crippen LogP) is 7.21. The lowest BCUT2D eigenvalue weighted by Crippen LogP contribution is -1.85. The molecule has 0 radical (unpaired) electrons. The van der Waals surface area contributed by atoms with E-state index >= 15 is 0 Å². The van der Waals surface area contributed by atoms with E-state index in [4.69, 9.17) is 0 Å². The number of rotatable bonds is 8. The maximum absolute atomic E-state index is 3.61. The second-order valence-electron chi connectivity index (χ2n) is 5.55. The molecule has 0 aromatic carbocycles. The van der Waals surface area contributed by atoms with Gasteiger partial charge in [0.2, 0.25) is 0 Å². The zero-order chi connectivity index (χ0) is 15.6. The lowest BCUT2D eigenvalue weighted by molar-refractivity contribution is 0.599. The largest absolute Gasteiger partial charge is 0.137 e. The molecule has 0 aliphatic heterocycles. The van der Waals surface area contributed by atoms with Crippen molar-refractivity contribution in [3.8, 4) is 11.8 Å². The van der Waals surface area contributed by atoms with Gasteiger partial charge in [0.15, 0.2) is 0 Å². The van der Waals surface area contributed by atoms with E-state index in [1.807, 2.05) is 0 Å². The van der Waals surface area contributed by atoms with Gasteiger partial charge in [0, 0.05) is 11.3 Å². The minimum Gasteiger partial charge on any atom is -0.137 e. The van der Waals surface area contributed by atoms with Gasteiger partial charge in [-0.05, 0) is 71.3 Å². The van der Waals surface area contributed by atoms with Crippen LogP contribution >= 0.6 is 38.6 Å². The molecular weight excluding hydrogens is 372 g/mol. The number of halogens is 1. The summed E-state index contributed by atoms with van der Waals surface area (Å²) in [6, 6.07) is 6.50. The molecule has 0 saturated heterocycles. The molecule has 2 aromatic heterocycles. The molecule has 118 valence electrons. The average Bonchev–Trinajstić information content (AvgIpc) is 3.10. The molecule has 0 atom stereocenters. The van der Waals surface area contributed by atoms with Gasteiger partial charge in [-0.2, -0.15) is 0 Å². The van der Waals surface area contributed by atoms with Crippen molar-refractivity contribution in [3.05, 3.63) is 42.7 Å². The Morgan fingerprint density at radius 2 is 1.77 bits per heavy atom. The fraction of sp³-hybridized carbons (Fsp3) is 0.474. The van der Waals surface area contributed by atoms with Gasteiger partial charge in [0.05, 0.1) is 8.66 Å². The van der Waals surface area contributed by atoms with Crippen LogP contribution in [0.2, 0.25) is 0 Å².